The molecule has 0 aliphatic carbocycles. The van der Waals surface area contributed by atoms with Crippen LogP contribution in [0.2, 0.25) is 0 Å². The van der Waals surface area contributed by atoms with E-state index in [1.54, 1.807) is 6.08 Å². The van der Waals surface area contributed by atoms with Crippen molar-refractivity contribution < 1.29 is 20.1 Å². The van der Waals surface area contributed by atoms with Crippen LogP contribution < -0.4 is 5.32 Å². The summed E-state index contributed by atoms with van der Waals surface area (Å²) in [5.41, 5.74) is 0. The Morgan fingerprint density at radius 2 is 1.13 bits per heavy atom. The molecule has 0 spiro atoms. The van der Waals surface area contributed by atoms with Crippen molar-refractivity contribution in [2.75, 3.05) is 6.61 Å². The predicted molar refractivity (Wildman–Crippen MR) is 194 cm³/mol. The summed E-state index contributed by atoms with van der Waals surface area (Å²) < 4.78 is 0. The molecule has 0 unspecified atom stereocenters. The standard InChI is InChI=1S/C40H71NO4/c1-3-5-7-9-11-12-13-14-15-16-17-18-22-26-30-34-39(44)38(36-42)41-40(45)35-31-27-23-19-21-25-29-33-37(43)32-28-24-20-10-8-6-4-2/h19-20,23-25,28-30,32,34,37-39,42-44H,3-18,21-22,26-27,31,33,35-36H2,1-2H3,(H,41,45)/b23-19+,24-20-,29-25-,32-28-,34-30+/t37-,38-,39+/m0/s1. The lowest BCUT2D eigenvalue weighted by Crippen LogP contribution is -2.45. The molecule has 0 aliphatic heterocycles. The Morgan fingerprint density at radius 1 is 0.600 bits per heavy atom. The van der Waals surface area contributed by atoms with Crippen LogP contribution in [0.1, 0.15) is 162 Å². The van der Waals surface area contributed by atoms with Crippen LogP contribution in [0.25, 0.3) is 0 Å². The van der Waals surface area contributed by atoms with E-state index in [1.165, 1.54) is 96.3 Å². The molecule has 4 N–H and O–H groups in total. The third kappa shape index (κ3) is 31.8. The van der Waals surface area contributed by atoms with Gasteiger partial charge < -0.3 is 20.6 Å². The summed E-state index contributed by atoms with van der Waals surface area (Å²) in [6, 6.07) is -0.673. The molecule has 0 radical (unpaired) electrons. The van der Waals surface area contributed by atoms with Crippen molar-refractivity contribution in [3.63, 3.8) is 0 Å². The summed E-state index contributed by atoms with van der Waals surface area (Å²) in [6.45, 7) is 4.18. The summed E-state index contributed by atoms with van der Waals surface area (Å²) >= 11 is 0. The van der Waals surface area contributed by atoms with E-state index in [0.717, 1.165) is 32.1 Å². The van der Waals surface area contributed by atoms with Crippen LogP contribution in [0.3, 0.4) is 0 Å². The van der Waals surface area contributed by atoms with Crippen LogP contribution >= 0.6 is 0 Å². The molecule has 0 saturated carbocycles. The Hall–Kier alpha value is -1.95. The molecular formula is C40H71NO4. The van der Waals surface area contributed by atoms with E-state index in [-0.39, 0.29) is 12.5 Å². The van der Waals surface area contributed by atoms with Crippen LogP contribution in [-0.2, 0) is 4.79 Å². The van der Waals surface area contributed by atoms with Crippen molar-refractivity contribution >= 4 is 5.91 Å². The first-order valence-corrected chi connectivity index (χ1v) is 18.6. The van der Waals surface area contributed by atoms with Crippen molar-refractivity contribution in [3.05, 3.63) is 60.8 Å². The number of hydrogen-bond acceptors (Lipinski definition) is 4. The Bertz CT molecular complexity index is 785. The summed E-state index contributed by atoms with van der Waals surface area (Å²) in [5, 5.41) is 32.8. The van der Waals surface area contributed by atoms with Gasteiger partial charge in [-0.05, 0) is 51.4 Å². The number of rotatable bonds is 32. The van der Waals surface area contributed by atoms with E-state index in [1.807, 2.05) is 36.5 Å². The van der Waals surface area contributed by atoms with Gasteiger partial charge in [-0.25, -0.2) is 0 Å². The fourth-order valence-electron chi connectivity index (χ4n) is 5.13. The maximum atomic E-state index is 12.3. The third-order valence-corrected chi connectivity index (χ3v) is 8.08. The zero-order valence-electron chi connectivity index (χ0n) is 29.2. The Morgan fingerprint density at radius 3 is 1.78 bits per heavy atom. The number of allylic oxidation sites excluding steroid dienone is 7. The minimum atomic E-state index is -0.881. The highest BCUT2D eigenvalue weighted by Crippen LogP contribution is 2.13. The molecule has 0 aromatic heterocycles. The number of unbranched alkanes of at least 4 members (excludes halogenated alkanes) is 17. The number of carbonyl (C=O) groups excluding carboxylic acids is 1. The van der Waals surface area contributed by atoms with Crippen LogP contribution in [0, 0.1) is 0 Å². The summed E-state index contributed by atoms with van der Waals surface area (Å²) in [6.07, 6.45) is 44.7. The molecule has 0 aromatic carbocycles. The second-order valence-corrected chi connectivity index (χ2v) is 12.5. The van der Waals surface area contributed by atoms with E-state index in [0.29, 0.717) is 19.3 Å². The Labute approximate surface area is 278 Å². The van der Waals surface area contributed by atoms with Crippen molar-refractivity contribution in [1.29, 1.82) is 0 Å². The molecule has 0 aliphatic rings. The maximum absolute atomic E-state index is 12.3. The average molecular weight is 630 g/mol. The molecule has 5 nitrogen and oxygen atoms in total. The third-order valence-electron chi connectivity index (χ3n) is 8.08. The van der Waals surface area contributed by atoms with Crippen molar-refractivity contribution in [3.8, 4) is 0 Å². The largest absolute Gasteiger partial charge is 0.394 e. The molecule has 1 amide bonds. The molecule has 0 heterocycles. The van der Waals surface area contributed by atoms with Crippen molar-refractivity contribution in [1.82, 2.24) is 5.32 Å². The molecule has 0 bridgehead atoms. The first-order valence-electron chi connectivity index (χ1n) is 18.6. The normalized spacial score (nSPS) is 14.5. The van der Waals surface area contributed by atoms with Crippen LogP contribution in [0.15, 0.2) is 60.8 Å². The number of hydrogen-bond donors (Lipinski definition) is 4. The van der Waals surface area contributed by atoms with E-state index in [4.69, 9.17) is 0 Å². The van der Waals surface area contributed by atoms with Crippen molar-refractivity contribution in [2.45, 2.75) is 180 Å². The van der Waals surface area contributed by atoms with Gasteiger partial charge in [0.05, 0.1) is 24.9 Å². The van der Waals surface area contributed by atoms with Gasteiger partial charge in [-0.15, -0.1) is 0 Å². The van der Waals surface area contributed by atoms with E-state index in [2.05, 4.69) is 37.4 Å². The maximum Gasteiger partial charge on any atom is 0.220 e. The molecular weight excluding hydrogens is 558 g/mol. The minimum absolute atomic E-state index is 0.149. The lowest BCUT2D eigenvalue weighted by atomic mass is 10.0. The van der Waals surface area contributed by atoms with Gasteiger partial charge in [-0.2, -0.15) is 0 Å². The topological polar surface area (TPSA) is 89.8 Å². The number of carbonyl (C=O) groups is 1. The number of amides is 1. The van der Waals surface area contributed by atoms with Gasteiger partial charge in [0, 0.05) is 6.42 Å². The highest BCUT2D eigenvalue weighted by molar-refractivity contribution is 5.76. The lowest BCUT2D eigenvalue weighted by Gasteiger charge is -2.19. The second-order valence-electron chi connectivity index (χ2n) is 12.5. The molecule has 0 saturated heterocycles. The van der Waals surface area contributed by atoms with Gasteiger partial charge in [-0.1, -0.05) is 164 Å². The average Bonchev–Trinajstić information content (AvgIpc) is 3.04. The molecule has 3 atom stereocenters. The zero-order valence-corrected chi connectivity index (χ0v) is 29.2. The fourth-order valence-corrected chi connectivity index (χ4v) is 5.13. The molecule has 0 fully saturated rings. The minimum Gasteiger partial charge on any atom is -0.394 e. The highest BCUT2D eigenvalue weighted by atomic mass is 16.3. The predicted octanol–water partition coefficient (Wildman–Crippen LogP) is 9.98. The Balaban J connectivity index is 3.84. The second kappa shape index (κ2) is 34.9. The zero-order chi connectivity index (χ0) is 33.1. The summed E-state index contributed by atoms with van der Waals surface area (Å²) in [5.74, 6) is -0.149. The number of aliphatic hydroxyl groups is 3. The first-order chi connectivity index (χ1) is 22.0. The fraction of sp³-hybridized carbons (Fsp3) is 0.725. The van der Waals surface area contributed by atoms with Gasteiger partial charge in [0.2, 0.25) is 5.91 Å². The molecule has 0 aromatic rings. The SMILES string of the molecule is CCCCC/C=C\C=C/[C@H](O)C/C=C\C/C=C/CCCC(=O)N[C@@H](CO)[C@H](O)/C=C/CCCCCCCCCCCCCCC. The lowest BCUT2D eigenvalue weighted by molar-refractivity contribution is -0.122. The smallest absolute Gasteiger partial charge is 0.220 e. The van der Waals surface area contributed by atoms with Gasteiger partial charge >= 0.3 is 0 Å². The number of nitrogens with one attached hydrogen (secondary N) is 1. The Kier molecular flexibility index (Phi) is 33.4. The van der Waals surface area contributed by atoms with Gasteiger partial charge in [-0.3, -0.25) is 4.79 Å². The van der Waals surface area contributed by atoms with Crippen LogP contribution in [0.5, 0.6) is 0 Å². The molecule has 5 heteroatoms. The molecule has 260 valence electrons. The number of aliphatic hydroxyl groups excluding tert-OH is 3. The van der Waals surface area contributed by atoms with Gasteiger partial charge in [0.15, 0.2) is 0 Å². The molecule has 0 rings (SSSR count). The van der Waals surface area contributed by atoms with E-state index in [9.17, 15) is 20.1 Å². The highest BCUT2D eigenvalue weighted by Gasteiger charge is 2.17. The van der Waals surface area contributed by atoms with E-state index < -0.39 is 18.2 Å². The monoisotopic (exact) mass is 630 g/mol. The van der Waals surface area contributed by atoms with E-state index >= 15 is 0 Å². The summed E-state index contributed by atoms with van der Waals surface area (Å²) in [4.78, 5) is 12.3. The first kappa shape index (κ1) is 43.0. The quantitative estimate of drug-likeness (QED) is 0.0339. The van der Waals surface area contributed by atoms with Gasteiger partial charge in [0.25, 0.3) is 0 Å². The van der Waals surface area contributed by atoms with Crippen LogP contribution in [0.4, 0.5) is 0 Å². The van der Waals surface area contributed by atoms with Crippen molar-refractivity contribution in [2.24, 2.45) is 0 Å². The molecule has 45 heavy (non-hydrogen) atoms. The van der Waals surface area contributed by atoms with Gasteiger partial charge in [0.1, 0.15) is 0 Å². The summed E-state index contributed by atoms with van der Waals surface area (Å²) in [7, 11) is 0. The van der Waals surface area contributed by atoms with Crippen LogP contribution in [-0.4, -0.2) is 46.1 Å².